The van der Waals surface area contributed by atoms with Crippen LogP contribution in [0.1, 0.15) is 5.82 Å². The van der Waals surface area contributed by atoms with Crippen molar-refractivity contribution in [3.63, 3.8) is 0 Å². The van der Waals surface area contributed by atoms with Gasteiger partial charge in [0.1, 0.15) is 10.7 Å². The first kappa shape index (κ1) is 14.3. The topological polar surface area (TPSA) is 83.0 Å². The van der Waals surface area contributed by atoms with E-state index in [-0.39, 0.29) is 11.3 Å². The Bertz CT molecular complexity index is 836. The number of carboxylic acid groups (broad SMARTS) is 1. The molecule has 0 saturated carbocycles. The molecule has 3 rings (SSSR count). The molecule has 5 nitrogen and oxygen atoms in total. The number of hydrogen-bond donors (Lipinski definition) is 2. The van der Waals surface area contributed by atoms with E-state index in [9.17, 15) is 9.59 Å². The highest BCUT2D eigenvalue weighted by Crippen LogP contribution is 2.33. The quantitative estimate of drug-likeness (QED) is 0.747. The summed E-state index contributed by atoms with van der Waals surface area (Å²) < 4.78 is 0. The standard InChI is InChI=1S/C13H10N2O3S3/c16-10(17)6-19-5-9-14-12(18)11-7(4-21-13(11)15-9)8-2-1-3-20-8/h1-4H,5-6H2,(H,16,17)(H,14,15,18). The van der Waals surface area contributed by atoms with Gasteiger partial charge in [-0.1, -0.05) is 6.07 Å². The van der Waals surface area contributed by atoms with Crippen LogP contribution in [0.2, 0.25) is 0 Å². The minimum absolute atomic E-state index is 0.00731. The van der Waals surface area contributed by atoms with Gasteiger partial charge in [0, 0.05) is 15.8 Å². The number of nitrogens with zero attached hydrogens (tertiary/aromatic N) is 1. The smallest absolute Gasteiger partial charge is 0.313 e. The molecule has 3 aromatic heterocycles. The number of hydrogen-bond acceptors (Lipinski definition) is 6. The fraction of sp³-hybridized carbons (Fsp3) is 0.154. The Morgan fingerprint density at radius 3 is 3.00 bits per heavy atom. The van der Waals surface area contributed by atoms with Crippen LogP contribution in [0.25, 0.3) is 20.7 Å². The Kier molecular flexibility index (Phi) is 4.09. The van der Waals surface area contributed by atoms with Gasteiger partial charge >= 0.3 is 5.97 Å². The van der Waals surface area contributed by atoms with E-state index in [1.165, 1.54) is 23.1 Å². The van der Waals surface area contributed by atoms with Crippen molar-refractivity contribution in [1.29, 1.82) is 0 Å². The molecule has 0 atom stereocenters. The predicted molar refractivity (Wildman–Crippen MR) is 87.4 cm³/mol. The first-order chi connectivity index (χ1) is 10.1. The Labute approximate surface area is 131 Å². The minimum atomic E-state index is -0.875. The average Bonchev–Trinajstić information content (AvgIpc) is 3.06. The van der Waals surface area contributed by atoms with Gasteiger partial charge < -0.3 is 10.1 Å². The molecule has 0 spiro atoms. The predicted octanol–water partition coefficient (Wildman–Crippen LogP) is 3.03. The number of aromatic nitrogens is 2. The second-order valence-electron chi connectivity index (χ2n) is 4.21. The van der Waals surface area contributed by atoms with Crippen molar-refractivity contribution in [1.82, 2.24) is 9.97 Å². The number of carbonyl (C=O) groups is 1. The largest absolute Gasteiger partial charge is 0.481 e. The van der Waals surface area contributed by atoms with Gasteiger partial charge in [-0.25, -0.2) is 4.98 Å². The molecule has 0 unspecified atom stereocenters. The summed E-state index contributed by atoms with van der Waals surface area (Å²) >= 11 is 4.22. The number of fused-ring (bicyclic) bond motifs is 1. The maximum absolute atomic E-state index is 12.3. The molecule has 0 aliphatic heterocycles. The van der Waals surface area contributed by atoms with Gasteiger partial charge in [-0.05, 0) is 11.4 Å². The SMILES string of the molecule is O=C(O)CSCc1nc2scc(-c3cccs3)c2c(=O)[nH]1. The Hall–Kier alpha value is -1.64. The van der Waals surface area contributed by atoms with E-state index in [0.717, 1.165) is 10.4 Å². The molecule has 0 aliphatic rings. The van der Waals surface area contributed by atoms with Gasteiger partial charge in [-0.3, -0.25) is 9.59 Å². The number of aliphatic carboxylic acids is 1. The van der Waals surface area contributed by atoms with Crippen LogP contribution in [0.3, 0.4) is 0 Å². The van der Waals surface area contributed by atoms with Gasteiger partial charge in [-0.2, -0.15) is 0 Å². The average molecular weight is 338 g/mol. The molecule has 3 heterocycles. The van der Waals surface area contributed by atoms with E-state index in [1.54, 1.807) is 11.3 Å². The van der Waals surface area contributed by atoms with E-state index in [4.69, 9.17) is 5.11 Å². The lowest BCUT2D eigenvalue weighted by Gasteiger charge is -2.00. The highest BCUT2D eigenvalue weighted by molar-refractivity contribution is 7.99. The molecule has 0 radical (unpaired) electrons. The zero-order valence-corrected chi connectivity index (χ0v) is 13.1. The summed E-state index contributed by atoms with van der Waals surface area (Å²) in [6.07, 6.45) is 0. The van der Waals surface area contributed by atoms with Gasteiger partial charge in [0.2, 0.25) is 0 Å². The summed E-state index contributed by atoms with van der Waals surface area (Å²) in [4.78, 5) is 31.6. The van der Waals surface area contributed by atoms with Crippen molar-refractivity contribution in [3.05, 3.63) is 39.1 Å². The molecule has 0 bridgehead atoms. The van der Waals surface area contributed by atoms with E-state index >= 15 is 0 Å². The molecular weight excluding hydrogens is 328 g/mol. The highest BCUT2D eigenvalue weighted by Gasteiger charge is 2.13. The van der Waals surface area contributed by atoms with Crippen molar-refractivity contribution < 1.29 is 9.90 Å². The molecule has 8 heteroatoms. The van der Waals surface area contributed by atoms with E-state index in [2.05, 4.69) is 9.97 Å². The van der Waals surface area contributed by atoms with Crippen LogP contribution in [-0.4, -0.2) is 26.8 Å². The molecule has 3 aromatic rings. The first-order valence-corrected chi connectivity index (χ1v) is 8.90. The van der Waals surface area contributed by atoms with Gasteiger partial charge in [0.15, 0.2) is 0 Å². The van der Waals surface area contributed by atoms with Crippen LogP contribution >= 0.6 is 34.4 Å². The van der Waals surface area contributed by atoms with E-state index in [0.29, 0.717) is 21.8 Å². The Morgan fingerprint density at radius 1 is 1.43 bits per heavy atom. The number of carboxylic acids is 1. The number of nitrogens with one attached hydrogen (secondary N) is 1. The molecule has 0 aliphatic carbocycles. The first-order valence-electron chi connectivity index (χ1n) is 5.99. The van der Waals surface area contributed by atoms with E-state index in [1.807, 2.05) is 22.9 Å². The highest BCUT2D eigenvalue weighted by atomic mass is 32.2. The molecular formula is C13H10N2O3S3. The maximum atomic E-state index is 12.3. The lowest BCUT2D eigenvalue weighted by Crippen LogP contribution is -2.11. The van der Waals surface area contributed by atoms with Gasteiger partial charge in [0.05, 0.1) is 16.9 Å². The summed E-state index contributed by atoms with van der Waals surface area (Å²) in [6.45, 7) is 0. The van der Waals surface area contributed by atoms with Crippen LogP contribution in [0.15, 0.2) is 27.7 Å². The fourth-order valence-corrected chi connectivity index (χ4v) is 4.30. The summed E-state index contributed by atoms with van der Waals surface area (Å²) in [5, 5.41) is 13.1. The number of thioether (sulfide) groups is 1. The van der Waals surface area contributed by atoms with Crippen LogP contribution in [0.4, 0.5) is 0 Å². The summed E-state index contributed by atoms with van der Waals surface area (Å²) in [5.41, 5.74) is 0.735. The fourth-order valence-electron chi connectivity index (χ4n) is 1.91. The number of H-pyrrole nitrogens is 1. The Morgan fingerprint density at radius 2 is 2.29 bits per heavy atom. The number of thiophene rings is 2. The van der Waals surface area contributed by atoms with Crippen LogP contribution in [-0.2, 0) is 10.5 Å². The van der Waals surface area contributed by atoms with Crippen molar-refractivity contribution in [2.45, 2.75) is 5.75 Å². The summed E-state index contributed by atoms with van der Waals surface area (Å²) in [6, 6.07) is 3.92. The Balaban J connectivity index is 1.95. The van der Waals surface area contributed by atoms with Crippen LogP contribution in [0, 0.1) is 0 Å². The third-order valence-electron chi connectivity index (χ3n) is 2.74. The number of rotatable bonds is 5. The van der Waals surface area contributed by atoms with Crippen molar-refractivity contribution in [2.24, 2.45) is 0 Å². The molecule has 0 aromatic carbocycles. The van der Waals surface area contributed by atoms with Crippen LogP contribution < -0.4 is 5.56 Å². The minimum Gasteiger partial charge on any atom is -0.481 e. The van der Waals surface area contributed by atoms with Gasteiger partial charge in [-0.15, -0.1) is 34.4 Å². The van der Waals surface area contributed by atoms with Crippen molar-refractivity contribution >= 4 is 50.6 Å². The summed E-state index contributed by atoms with van der Waals surface area (Å²) in [5.74, 6) is 0.00828. The van der Waals surface area contributed by atoms with Gasteiger partial charge in [0.25, 0.3) is 5.56 Å². The lowest BCUT2D eigenvalue weighted by atomic mass is 10.2. The van der Waals surface area contributed by atoms with Crippen molar-refractivity contribution in [3.8, 4) is 10.4 Å². The van der Waals surface area contributed by atoms with E-state index < -0.39 is 5.97 Å². The normalized spacial score (nSPS) is 11.0. The lowest BCUT2D eigenvalue weighted by molar-refractivity contribution is -0.133. The molecule has 2 N–H and O–H groups in total. The molecule has 0 amide bonds. The molecule has 0 fully saturated rings. The maximum Gasteiger partial charge on any atom is 0.313 e. The third kappa shape index (κ3) is 3.02. The van der Waals surface area contributed by atoms with Crippen LogP contribution in [0.5, 0.6) is 0 Å². The third-order valence-corrected chi connectivity index (χ3v) is 5.45. The zero-order valence-electron chi connectivity index (χ0n) is 10.7. The second kappa shape index (κ2) is 6.00. The monoisotopic (exact) mass is 338 g/mol. The molecule has 0 saturated heterocycles. The summed E-state index contributed by atoms with van der Waals surface area (Å²) in [7, 11) is 0. The molecule has 108 valence electrons. The number of aromatic amines is 1. The zero-order chi connectivity index (χ0) is 14.8. The van der Waals surface area contributed by atoms with Crippen molar-refractivity contribution in [2.75, 3.05) is 5.75 Å². The second-order valence-corrected chi connectivity index (χ2v) is 7.00. The molecule has 21 heavy (non-hydrogen) atoms.